The molecule has 1 spiro atoms. The summed E-state index contributed by atoms with van der Waals surface area (Å²) in [5.74, 6) is 0.367. The van der Waals surface area contributed by atoms with Gasteiger partial charge in [-0.05, 0) is 49.2 Å². The van der Waals surface area contributed by atoms with E-state index in [1.54, 1.807) is 11.1 Å². The van der Waals surface area contributed by atoms with E-state index in [9.17, 15) is 14.4 Å². The highest BCUT2D eigenvalue weighted by molar-refractivity contribution is 6.11. The van der Waals surface area contributed by atoms with E-state index < -0.39 is 6.03 Å². The molecule has 5 aliphatic rings. The van der Waals surface area contributed by atoms with Crippen LogP contribution in [0.2, 0.25) is 0 Å². The van der Waals surface area contributed by atoms with E-state index in [-0.39, 0.29) is 23.7 Å². The average molecular weight is 708 g/mol. The second-order valence-electron chi connectivity index (χ2n) is 15.3. The molecular formula is C41H41N9O3. The van der Waals surface area contributed by atoms with Crippen LogP contribution in [-0.4, -0.2) is 96.6 Å². The number of imide groups is 1. The average Bonchev–Trinajstić information content (AvgIpc) is 3.80. The molecule has 3 N–H and O–H groups in total. The van der Waals surface area contributed by atoms with Crippen LogP contribution < -0.4 is 25.3 Å². The minimum atomic E-state index is -0.392. The number of H-pyrrole nitrogens is 1. The van der Waals surface area contributed by atoms with Crippen molar-refractivity contribution in [2.45, 2.75) is 24.7 Å². The lowest BCUT2D eigenvalue weighted by atomic mass is 9.95. The molecule has 0 radical (unpaired) electrons. The molecule has 0 atom stereocenters. The Balaban J connectivity index is 0.747. The molecular weight excluding hydrogens is 667 g/mol. The van der Waals surface area contributed by atoms with Crippen LogP contribution in [0.15, 0.2) is 79.3 Å². The summed E-state index contributed by atoms with van der Waals surface area (Å²) in [5, 5.41) is 7.48. The maximum absolute atomic E-state index is 12.6. The number of anilines is 3. The number of fused-ring (bicyclic) bond motifs is 3. The number of rotatable bonds is 7. The van der Waals surface area contributed by atoms with Gasteiger partial charge in [0.1, 0.15) is 0 Å². The second kappa shape index (κ2) is 12.4. The van der Waals surface area contributed by atoms with Gasteiger partial charge in [0.05, 0.1) is 23.1 Å². The zero-order valence-electron chi connectivity index (χ0n) is 29.5. The van der Waals surface area contributed by atoms with Crippen LogP contribution in [-0.2, 0) is 10.2 Å². The van der Waals surface area contributed by atoms with Crippen molar-refractivity contribution in [1.29, 1.82) is 0 Å². The zero-order valence-corrected chi connectivity index (χ0v) is 29.5. The predicted molar refractivity (Wildman–Crippen MR) is 204 cm³/mol. The highest BCUT2D eigenvalue weighted by Gasteiger charge is 2.50. The molecule has 4 fully saturated rings. The molecule has 4 aliphatic heterocycles. The Morgan fingerprint density at radius 1 is 0.811 bits per heavy atom. The van der Waals surface area contributed by atoms with Crippen molar-refractivity contribution < 1.29 is 14.4 Å². The van der Waals surface area contributed by atoms with E-state index in [2.05, 4.69) is 76.7 Å². The number of amides is 4. The lowest BCUT2D eigenvalue weighted by Crippen LogP contribution is -2.55. The van der Waals surface area contributed by atoms with Crippen LogP contribution in [0.4, 0.5) is 21.9 Å². The van der Waals surface area contributed by atoms with Crippen LogP contribution in [0.3, 0.4) is 0 Å². The summed E-state index contributed by atoms with van der Waals surface area (Å²) >= 11 is 0. The van der Waals surface area contributed by atoms with E-state index in [0.717, 1.165) is 121 Å². The van der Waals surface area contributed by atoms with Gasteiger partial charge in [-0.25, -0.2) is 4.79 Å². The number of carbonyl (C=O) groups is 3. The van der Waals surface area contributed by atoms with E-state index in [1.165, 1.54) is 5.69 Å². The number of aromatic amines is 1. The molecule has 2 aromatic carbocycles. The second-order valence-corrected chi connectivity index (χ2v) is 15.3. The van der Waals surface area contributed by atoms with E-state index in [0.29, 0.717) is 12.5 Å². The van der Waals surface area contributed by atoms with Crippen LogP contribution in [0.1, 0.15) is 35.3 Å². The molecule has 268 valence electrons. The molecule has 1 saturated carbocycles. The molecule has 5 aromatic rings. The van der Waals surface area contributed by atoms with Gasteiger partial charge < -0.3 is 20.1 Å². The molecule has 0 bridgehead atoms. The van der Waals surface area contributed by atoms with Crippen LogP contribution >= 0.6 is 0 Å². The smallest absolute Gasteiger partial charge is 0.328 e. The molecule has 7 heterocycles. The third-order valence-electron chi connectivity index (χ3n) is 11.9. The fourth-order valence-electron chi connectivity index (χ4n) is 8.70. The Hall–Kier alpha value is -5.75. The number of pyridine rings is 2. The zero-order chi connectivity index (χ0) is 35.7. The summed E-state index contributed by atoms with van der Waals surface area (Å²) < 4.78 is 0. The summed E-state index contributed by atoms with van der Waals surface area (Å²) in [6.45, 7) is 8.18. The summed E-state index contributed by atoms with van der Waals surface area (Å²) in [4.78, 5) is 58.7. The highest BCUT2D eigenvalue weighted by Crippen LogP contribution is 2.50. The van der Waals surface area contributed by atoms with E-state index in [4.69, 9.17) is 0 Å². The fourth-order valence-corrected chi connectivity index (χ4v) is 8.70. The van der Waals surface area contributed by atoms with Gasteiger partial charge in [0.15, 0.2) is 0 Å². The molecule has 10 rings (SSSR count). The van der Waals surface area contributed by atoms with Crippen LogP contribution in [0.25, 0.3) is 33.3 Å². The van der Waals surface area contributed by atoms with Gasteiger partial charge in [0.25, 0.3) is 5.91 Å². The summed E-state index contributed by atoms with van der Waals surface area (Å²) in [7, 11) is 0. The molecule has 12 nitrogen and oxygen atoms in total. The van der Waals surface area contributed by atoms with Gasteiger partial charge in [-0.15, -0.1) is 0 Å². The Bertz CT molecular complexity index is 2270. The first kappa shape index (κ1) is 31.9. The molecule has 4 amide bonds. The lowest BCUT2D eigenvalue weighted by Gasteiger charge is -2.45. The van der Waals surface area contributed by atoms with Crippen LogP contribution in [0.5, 0.6) is 0 Å². The van der Waals surface area contributed by atoms with Gasteiger partial charge in [-0.1, -0.05) is 24.3 Å². The number of nitrogens with one attached hydrogen (secondary N) is 3. The number of carbonyl (C=O) groups excluding carboxylic acids is 3. The fraction of sp³-hybridized carbons (Fsp3) is 0.341. The summed E-state index contributed by atoms with van der Waals surface area (Å²) in [6, 6.07) is 20.7. The van der Waals surface area contributed by atoms with Crippen molar-refractivity contribution in [3.63, 3.8) is 0 Å². The SMILES string of the molecule is O=C1CCN(c2cncc3c(N4CC(CN5CCN(c6ccc(-c7cc(-c8cc9c([nH]8)C8(CC8)CNC9=O)ccn7)cc6)CC5)C4)cccc23)C(=O)N1. The first-order valence-corrected chi connectivity index (χ1v) is 18.7. The Morgan fingerprint density at radius 3 is 2.43 bits per heavy atom. The van der Waals surface area contributed by atoms with Crippen molar-refractivity contribution in [2.75, 3.05) is 73.6 Å². The van der Waals surface area contributed by atoms with E-state index in [1.807, 2.05) is 36.7 Å². The highest BCUT2D eigenvalue weighted by atomic mass is 16.2. The molecule has 3 saturated heterocycles. The number of nitrogens with zero attached hydrogens (tertiary/aromatic N) is 6. The van der Waals surface area contributed by atoms with Gasteiger partial charge in [-0.2, -0.15) is 0 Å². The Labute approximate surface area is 307 Å². The Morgan fingerprint density at radius 2 is 1.64 bits per heavy atom. The number of hydrogen-bond acceptors (Lipinski definition) is 8. The quantitative estimate of drug-likeness (QED) is 0.221. The van der Waals surface area contributed by atoms with Crippen molar-refractivity contribution in [1.82, 2.24) is 30.5 Å². The molecule has 1 aliphatic carbocycles. The number of aromatic nitrogens is 3. The number of urea groups is 1. The summed E-state index contributed by atoms with van der Waals surface area (Å²) in [6.07, 6.45) is 7.96. The minimum absolute atomic E-state index is 0.0127. The number of hydrogen-bond donors (Lipinski definition) is 3. The van der Waals surface area contributed by atoms with Crippen molar-refractivity contribution in [3.05, 3.63) is 90.5 Å². The normalized spacial score (nSPS) is 20.0. The molecule has 0 unspecified atom stereocenters. The molecule has 53 heavy (non-hydrogen) atoms. The van der Waals surface area contributed by atoms with Crippen molar-refractivity contribution in [2.24, 2.45) is 5.92 Å². The first-order valence-electron chi connectivity index (χ1n) is 18.7. The standard InChI is InChI=1S/C41H41N9O3/c51-37-9-13-50(40(53)46-37)36-21-42-20-32-30(36)2-1-3-35(32)49-23-26(24-49)22-47-14-16-48(17-15-47)29-6-4-27(5-7-29)33-18-28(8-12-43-33)34-19-31-38(45-34)41(10-11-41)25-44-39(31)52/h1-8,12,18-21,26,45H,9-11,13-17,22-25H2,(H,44,52)(H,46,51,53). The molecule has 3 aromatic heterocycles. The van der Waals surface area contributed by atoms with E-state index >= 15 is 0 Å². The minimum Gasteiger partial charge on any atom is -0.370 e. The van der Waals surface area contributed by atoms with Crippen LogP contribution in [0, 0.1) is 5.92 Å². The topological polar surface area (TPSA) is 130 Å². The van der Waals surface area contributed by atoms with Gasteiger partial charge in [0, 0.05) is 134 Å². The largest absolute Gasteiger partial charge is 0.370 e. The first-order chi connectivity index (χ1) is 25.9. The number of benzene rings is 2. The Kier molecular flexibility index (Phi) is 7.50. The monoisotopic (exact) mass is 707 g/mol. The van der Waals surface area contributed by atoms with Crippen molar-refractivity contribution >= 4 is 45.7 Å². The number of piperazine rings is 1. The summed E-state index contributed by atoms with van der Waals surface area (Å²) in [5.41, 5.74) is 9.07. The van der Waals surface area contributed by atoms with Gasteiger partial charge in [-0.3, -0.25) is 34.7 Å². The maximum Gasteiger partial charge on any atom is 0.328 e. The maximum atomic E-state index is 12.6. The van der Waals surface area contributed by atoms with Gasteiger partial charge in [0.2, 0.25) is 5.91 Å². The third kappa shape index (κ3) is 5.68. The third-order valence-corrected chi connectivity index (χ3v) is 11.9. The molecule has 12 heteroatoms. The lowest BCUT2D eigenvalue weighted by molar-refractivity contribution is -0.120. The predicted octanol–water partition coefficient (Wildman–Crippen LogP) is 4.77. The van der Waals surface area contributed by atoms with Gasteiger partial charge >= 0.3 is 6.03 Å². The van der Waals surface area contributed by atoms with Crippen molar-refractivity contribution in [3.8, 4) is 22.5 Å².